The molecular formula is C17H11ClN4OS. The fourth-order valence-electron chi connectivity index (χ4n) is 2.31. The van der Waals surface area contributed by atoms with Crippen LogP contribution in [-0.2, 0) is 0 Å². The summed E-state index contributed by atoms with van der Waals surface area (Å²) in [6, 6.07) is 18.8. The lowest BCUT2D eigenvalue weighted by atomic mass is 10.2. The number of aromatic amines is 1. The van der Waals surface area contributed by atoms with Crippen LogP contribution in [0.5, 0.6) is 0 Å². The normalized spacial score (nSPS) is 11.0. The van der Waals surface area contributed by atoms with Gasteiger partial charge in [0.2, 0.25) is 0 Å². The van der Waals surface area contributed by atoms with Crippen molar-refractivity contribution in [2.24, 2.45) is 0 Å². The van der Waals surface area contributed by atoms with Gasteiger partial charge in [-0.1, -0.05) is 53.7 Å². The van der Waals surface area contributed by atoms with Gasteiger partial charge in [0, 0.05) is 16.0 Å². The Labute approximate surface area is 146 Å². The molecule has 0 saturated carbocycles. The van der Waals surface area contributed by atoms with Gasteiger partial charge in [0.15, 0.2) is 10.7 Å². The van der Waals surface area contributed by atoms with Crippen LogP contribution in [0.3, 0.4) is 0 Å². The van der Waals surface area contributed by atoms with Crippen LogP contribution in [0.15, 0.2) is 75.4 Å². The predicted molar refractivity (Wildman–Crippen MR) is 94.6 cm³/mol. The third-order valence-electron chi connectivity index (χ3n) is 3.48. The lowest BCUT2D eigenvalue weighted by Gasteiger charge is -2.00. The zero-order chi connectivity index (χ0) is 16.5. The van der Waals surface area contributed by atoms with Crippen molar-refractivity contribution in [2.75, 3.05) is 0 Å². The third kappa shape index (κ3) is 2.81. The summed E-state index contributed by atoms with van der Waals surface area (Å²) in [7, 11) is 0. The van der Waals surface area contributed by atoms with Crippen LogP contribution in [0.25, 0.3) is 16.9 Å². The molecule has 5 nitrogen and oxygen atoms in total. The van der Waals surface area contributed by atoms with E-state index in [0.717, 1.165) is 16.2 Å². The standard InChI is InChI=1S/C17H11ClN4OS/c18-12-6-8-13(9-7-12)24-16-17(23)22-15(19-20-16)10-14(21-22)11-4-2-1-3-5-11/h1-10,21H. The highest BCUT2D eigenvalue weighted by Gasteiger charge is 2.12. The number of benzene rings is 2. The summed E-state index contributed by atoms with van der Waals surface area (Å²) in [5.74, 6) is 0. The summed E-state index contributed by atoms with van der Waals surface area (Å²) < 4.78 is 1.41. The van der Waals surface area contributed by atoms with Gasteiger partial charge in [0.25, 0.3) is 0 Å². The van der Waals surface area contributed by atoms with Gasteiger partial charge in [-0.3, -0.25) is 9.89 Å². The smallest absolute Gasteiger partial charge is 0.289 e. The second-order valence-corrected chi connectivity index (χ2v) is 6.59. The molecule has 0 unspecified atom stereocenters. The molecule has 2 aromatic carbocycles. The van der Waals surface area contributed by atoms with Gasteiger partial charge in [-0.15, -0.1) is 10.2 Å². The molecule has 0 saturated heterocycles. The first kappa shape index (κ1) is 15.0. The molecule has 0 aliphatic rings. The van der Waals surface area contributed by atoms with E-state index < -0.39 is 0 Å². The average molecular weight is 355 g/mol. The predicted octanol–water partition coefficient (Wildman–Crippen LogP) is 3.89. The van der Waals surface area contributed by atoms with E-state index in [1.165, 1.54) is 16.3 Å². The first-order valence-electron chi connectivity index (χ1n) is 7.18. The van der Waals surface area contributed by atoms with Gasteiger partial charge >= 0.3 is 5.56 Å². The van der Waals surface area contributed by atoms with Crippen molar-refractivity contribution in [3.05, 3.63) is 76.0 Å². The maximum absolute atomic E-state index is 12.6. The highest BCUT2D eigenvalue weighted by Crippen LogP contribution is 2.25. The van der Waals surface area contributed by atoms with E-state index in [1.807, 2.05) is 42.5 Å². The number of hydrogen-bond acceptors (Lipinski definition) is 4. The quantitative estimate of drug-likeness (QED) is 0.606. The molecule has 7 heteroatoms. The Morgan fingerprint density at radius 3 is 2.50 bits per heavy atom. The lowest BCUT2D eigenvalue weighted by molar-refractivity contribution is 0.789. The number of rotatable bonds is 3. The van der Waals surface area contributed by atoms with Crippen LogP contribution in [0.4, 0.5) is 0 Å². The van der Waals surface area contributed by atoms with Gasteiger partial charge in [0.05, 0.1) is 5.69 Å². The second kappa shape index (κ2) is 6.14. The molecule has 0 aliphatic carbocycles. The van der Waals surface area contributed by atoms with Crippen molar-refractivity contribution in [1.82, 2.24) is 19.8 Å². The highest BCUT2D eigenvalue weighted by atomic mass is 35.5. The molecule has 0 bridgehead atoms. The fourth-order valence-corrected chi connectivity index (χ4v) is 3.19. The van der Waals surface area contributed by atoms with Crippen LogP contribution in [0, 0.1) is 0 Å². The molecule has 4 rings (SSSR count). The van der Waals surface area contributed by atoms with Crippen LogP contribution >= 0.6 is 23.4 Å². The molecule has 0 amide bonds. The molecule has 0 aliphatic heterocycles. The SMILES string of the molecule is O=c1c(Sc2ccc(Cl)cc2)nnc2cc(-c3ccccc3)[nH]n12. The van der Waals surface area contributed by atoms with E-state index in [9.17, 15) is 4.79 Å². The Morgan fingerprint density at radius 1 is 1.00 bits per heavy atom. The summed E-state index contributed by atoms with van der Waals surface area (Å²) in [6.45, 7) is 0. The van der Waals surface area contributed by atoms with Crippen molar-refractivity contribution in [1.29, 1.82) is 0 Å². The number of halogens is 1. The van der Waals surface area contributed by atoms with Crippen LogP contribution < -0.4 is 5.56 Å². The van der Waals surface area contributed by atoms with E-state index in [0.29, 0.717) is 15.7 Å². The van der Waals surface area contributed by atoms with Crippen molar-refractivity contribution in [2.45, 2.75) is 9.92 Å². The molecule has 4 aromatic rings. The maximum Gasteiger partial charge on any atom is 0.305 e. The number of fused-ring (bicyclic) bond motifs is 1. The van der Waals surface area contributed by atoms with Crippen LogP contribution in [-0.4, -0.2) is 19.8 Å². The zero-order valence-electron chi connectivity index (χ0n) is 12.3. The Hall–Kier alpha value is -2.57. The lowest BCUT2D eigenvalue weighted by Crippen LogP contribution is -2.18. The molecule has 0 fully saturated rings. The molecule has 2 aromatic heterocycles. The molecule has 0 radical (unpaired) electrons. The maximum atomic E-state index is 12.6. The van der Waals surface area contributed by atoms with Gasteiger partial charge in [-0.05, 0) is 29.8 Å². The zero-order valence-corrected chi connectivity index (χ0v) is 13.9. The number of hydrogen-bond donors (Lipinski definition) is 1. The largest absolute Gasteiger partial charge is 0.305 e. The van der Waals surface area contributed by atoms with E-state index in [2.05, 4.69) is 15.3 Å². The summed E-state index contributed by atoms with van der Waals surface area (Å²) in [5.41, 5.74) is 2.05. The minimum Gasteiger partial charge on any atom is -0.289 e. The van der Waals surface area contributed by atoms with E-state index in [4.69, 9.17) is 11.6 Å². The molecular weight excluding hydrogens is 344 g/mol. The summed E-state index contributed by atoms with van der Waals surface area (Å²) in [6.07, 6.45) is 0. The Bertz CT molecular complexity index is 1060. The van der Waals surface area contributed by atoms with E-state index >= 15 is 0 Å². The van der Waals surface area contributed by atoms with Gasteiger partial charge in [-0.25, -0.2) is 0 Å². The molecule has 0 spiro atoms. The topological polar surface area (TPSA) is 63.0 Å². The van der Waals surface area contributed by atoms with Crippen LogP contribution in [0.2, 0.25) is 5.02 Å². The third-order valence-corrected chi connectivity index (χ3v) is 4.69. The monoisotopic (exact) mass is 354 g/mol. The summed E-state index contributed by atoms with van der Waals surface area (Å²) >= 11 is 7.13. The number of nitrogens with zero attached hydrogens (tertiary/aromatic N) is 3. The van der Waals surface area contributed by atoms with Gasteiger partial charge in [0.1, 0.15) is 0 Å². The van der Waals surface area contributed by atoms with E-state index in [1.54, 1.807) is 18.2 Å². The Balaban J connectivity index is 1.75. The van der Waals surface area contributed by atoms with Crippen molar-refractivity contribution >= 4 is 29.0 Å². The van der Waals surface area contributed by atoms with Crippen molar-refractivity contribution in [3.63, 3.8) is 0 Å². The van der Waals surface area contributed by atoms with Crippen LogP contribution in [0.1, 0.15) is 0 Å². The van der Waals surface area contributed by atoms with Gasteiger partial charge < -0.3 is 0 Å². The van der Waals surface area contributed by atoms with Gasteiger partial charge in [-0.2, -0.15) is 4.52 Å². The first-order chi connectivity index (χ1) is 11.7. The Morgan fingerprint density at radius 2 is 1.75 bits per heavy atom. The fraction of sp³-hybridized carbons (Fsp3) is 0. The minimum absolute atomic E-state index is 0.234. The Kier molecular flexibility index (Phi) is 3.84. The van der Waals surface area contributed by atoms with Crippen molar-refractivity contribution < 1.29 is 0 Å². The molecule has 24 heavy (non-hydrogen) atoms. The minimum atomic E-state index is -0.234. The number of H-pyrrole nitrogens is 1. The number of nitrogens with one attached hydrogen (secondary N) is 1. The summed E-state index contributed by atoms with van der Waals surface area (Å²) in [4.78, 5) is 13.5. The second-order valence-electron chi connectivity index (χ2n) is 5.10. The summed E-state index contributed by atoms with van der Waals surface area (Å²) in [5, 5.41) is 12.2. The molecule has 0 atom stereocenters. The first-order valence-corrected chi connectivity index (χ1v) is 8.37. The van der Waals surface area contributed by atoms with E-state index in [-0.39, 0.29) is 5.56 Å². The molecule has 1 N–H and O–H groups in total. The average Bonchev–Trinajstić information content (AvgIpc) is 3.05. The highest BCUT2D eigenvalue weighted by molar-refractivity contribution is 7.99. The molecule has 118 valence electrons. The molecule has 2 heterocycles. The number of aromatic nitrogens is 4. The van der Waals surface area contributed by atoms with Crippen molar-refractivity contribution in [3.8, 4) is 11.3 Å².